The Hall–Kier alpha value is -1.10. The zero-order chi connectivity index (χ0) is 12.5. The molecule has 3 unspecified atom stereocenters. The zero-order valence-electron chi connectivity index (χ0n) is 10.8. The van der Waals surface area contributed by atoms with Gasteiger partial charge >= 0.3 is 0 Å². The molecule has 0 aliphatic carbocycles. The monoisotopic (exact) mass is 247 g/mol. The average molecular weight is 247 g/mol. The van der Waals surface area contributed by atoms with E-state index in [-0.39, 0.29) is 0 Å². The van der Waals surface area contributed by atoms with Crippen LogP contribution in [0.3, 0.4) is 0 Å². The second-order valence-electron chi connectivity index (χ2n) is 5.27. The van der Waals surface area contributed by atoms with Gasteiger partial charge in [0.25, 0.3) is 0 Å². The lowest BCUT2D eigenvalue weighted by atomic mass is 9.89. The number of hydrazine groups is 1. The van der Waals surface area contributed by atoms with Crippen molar-refractivity contribution in [3.63, 3.8) is 0 Å². The molecular weight excluding hydrogens is 226 g/mol. The molecule has 4 nitrogen and oxygen atoms in total. The predicted octanol–water partition coefficient (Wildman–Crippen LogP) is 1.12. The molecule has 18 heavy (non-hydrogen) atoms. The lowest BCUT2D eigenvalue weighted by Crippen LogP contribution is -2.30. The van der Waals surface area contributed by atoms with E-state index in [1.807, 2.05) is 0 Å². The molecule has 2 aliphatic rings. The van der Waals surface area contributed by atoms with Gasteiger partial charge in [0.15, 0.2) is 0 Å². The number of nitrogens with one attached hydrogen (secondary N) is 2. The number of benzene rings is 1. The topological polar surface area (TPSA) is 59.3 Å². The van der Waals surface area contributed by atoms with Crippen LogP contribution in [0.2, 0.25) is 0 Å². The van der Waals surface area contributed by atoms with Crippen LogP contribution >= 0.6 is 0 Å². The summed E-state index contributed by atoms with van der Waals surface area (Å²) in [5, 5.41) is 0. The van der Waals surface area contributed by atoms with E-state index >= 15 is 0 Å². The van der Waals surface area contributed by atoms with Crippen LogP contribution in [0.15, 0.2) is 18.2 Å². The summed E-state index contributed by atoms with van der Waals surface area (Å²) in [5.74, 6) is 1.49. The fourth-order valence-corrected chi connectivity index (χ4v) is 2.97. The molecule has 98 valence electrons. The van der Waals surface area contributed by atoms with E-state index in [4.69, 9.17) is 10.5 Å². The van der Waals surface area contributed by atoms with Crippen LogP contribution in [0.25, 0.3) is 0 Å². The van der Waals surface area contributed by atoms with Gasteiger partial charge < -0.3 is 10.5 Å². The lowest BCUT2D eigenvalue weighted by Gasteiger charge is -2.22. The molecule has 0 bridgehead atoms. The Morgan fingerprint density at radius 2 is 2.28 bits per heavy atom. The molecule has 0 saturated carbocycles. The van der Waals surface area contributed by atoms with Gasteiger partial charge in [-0.15, -0.1) is 0 Å². The van der Waals surface area contributed by atoms with E-state index in [1.54, 1.807) is 0 Å². The van der Waals surface area contributed by atoms with Gasteiger partial charge in [0, 0.05) is 12.0 Å². The number of hydrogen-bond acceptors (Lipinski definition) is 4. The SMILES string of the molecule is CC1NNC(c2ccc3c(c2)CCCO3)C1CN. The van der Waals surface area contributed by atoms with Crippen molar-refractivity contribution in [2.24, 2.45) is 11.7 Å². The highest BCUT2D eigenvalue weighted by molar-refractivity contribution is 5.40. The summed E-state index contributed by atoms with van der Waals surface area (Å²) in [6, 6.07) is 7.24. The van der Waals surface area contributed by atoms with Crippen molar-refractivity contribution < 1.29 is 4.74 Å². The summed E-state index contributed by atoms with van der Waals surface area (Å²) in [6.45, 7) is 3.71. The first kappa shape index (κ1) is 12.0. The zero-order valence-corrected chi connectivity index (χ0v) is 10.8. The smallest absolute Gasteiger partial charge is 0.122 e. The summed E-state index contributed by atoms with van der Waals surface area (Å²) in [6.07, 6.45) is 2.23. The first-order valence-electron chi connectivity index (χ1n) is 6.76. The average Bonchev–Trinajstić information content (AvgIpc) is 2.79. The van der Waals surface area contributed by atoms with E-state index in [0.717, 1.165) is 25.2 Å². The van der Waals surface area contributed by atoms with E-state index in [9.17, 15) is 0 Å². The molecule has 1 aromatic rings. The minimum absolute atomic E-state index is 0.303. The highest BCUT2D eigenvalue weighted by Gasteiger charge is 2.33. The molecular formula is C14H21N3O. The Kier molecular flexibility index (Phi) is 3.24. The maximum atomic E-state index is 5.89. The van der Waals surface area contributed by atoms with Gasteiger partial charge in [-0.3, -0.25) is 5.43 Å². The molecule has 0 spiro atoms. The van der Waals surface area contributed by atoms with Crippen LogP contribution in [0.4, 0.5) is 0 Å². The first-order chi connectivity index (χ1) is 8.79. The van der Waals surface area contributed by atoms with Crippen molar-refractivity contribution in [1.29, 1.82) is 0 Å². The Bertz CT molecular complexity index is 435. The summed E-state index contributed by atoms with van der Waals surface area (Å²) in [7, 11) is 0. The summed E-state index contributed by atoms with van der Waals surface area (Å²) < 4.78 is 5.65. The number of rotatable bonds is 2. The molecule has 0 radical (unpaired) electrons. The molecule has 4 heteroatoms. The third-order valence-electron chi connectivity index (χ3n) is 4.10. The molecule has 0 amide bonds. The number of aryl methyl sites for hydroxylation is 1. The van der Waals surface area contributed by atoms with Crippen molar-refractivity contribution in [3.8, 4) is 5.75 Å². The van der Waals surface area contributed by atoms with Gasteiger partial charge in [-0.25, -0.2) is 5.43 Å². The van der Waals surface area contributed by atoms with Crippen LogP contribution < -0.4 is 21.3 Å². The number of hydrogen-bond donors (Lipinski definition) is 3. The standard InChI is InChI=1S/C14H21N3O/c1-9-12(8-15)14(17-16-9)11-4-5-13-10(7-11)3-2-6-18-13/h4-5,7,9,12,14,16-17H,2-3,6,8,15H2,1H3. The molecule has 1 fully saturated rings. The lowest BCUT2D eigenvalue weighted by molar-refractivity contribution is 0.288. The second-order valence-corrected chi connectivity index (χ2v) is 5.27. The minimum Gasteiger partial charge on any atom is -0.493 e. The normalized spacial score (nSPS) is 30.9. The van der Waals surface area contributed by atoms with Crippen LogP contribution in [-0.2, 0) is 6.42 Å². The molecule has 2 heterocycles. The van der Waals surface area contributed by atoms with E-state index in [1.165, 1.54) is 11.1 Å². The quantitative estimate of drug-likeness (QED) is 0.733. The maximum absolute atomic E-state index is 5.89. The van der Waals surface area contributed by atoms with Crippen molar-refractivity contribution in [2.75, 3.05) is 13.2 Å². The summed E-state index contributed by atoms with van der Waals surface area (Å²) in [4.78, 5) is 0. The first-order valence-corrected chi connectivity index (χ1v) is 6.76. The third kappa shape index (κ3) is 2.00. The van der Waals surface area contributed by atoms with Gasteiger partial charge in [-0.2, -0.15) is 0 Å². The van der Waals surface area contributed by atoms with Crippen LogP contribution in [0.5, 0.6) is 5.75 Å². The highest BCUT2D eigenvalue weighted by Crippen LogP contribution is 2.32. The largest absolute Gasteiger partial charge is 0.493 e. The van der Waals surface area contributed by atoms with Gasteiger partial charge in [-0.05, 0) is 43.5 Å². The van der Waals surface area contributed by atoms with E-state index in [0.29, 0.717) is 24.5 Å². The molecule has 0 aromatic heterocycles. The molecule has 3 atom stereocenters. The molecule has 3 rings (SSSR count). The van der Waals surface area contributed by atoms with Crippen LogP contribution in [0.1, 0.15) is 30.5 Å². The van der Waals surface area contributed by atoms with Crippen molar-refractivity contribution in [1.82, 2.24) is 10.9 Å². The Labute approximate surface area is 108 Å². The Balaban J connectivity index is 1.88. The summed E-state index contributed by atoms with van der Waals surface area (Å²) in [5.41, 5.74) is 15.2. The number of nitrogens with two attached hydrogens (primary N) is 1. The van der Waals surface area contributed by atoms with Crippen LogP contribution in [-0.4, -0.2) is 19.2 Å². The molecule has 1 saturated heterocycles. The van der Waals surface area contributed by atoms with Crippen molar-refractivity contribution in [2.45, 2.75) is 31.8 Å². The van der Waals surface area contributed by atoms with Gasteiger partial charge in [-0.1, -0.05) is 12.1 Å². The fourth-order valence-electron chi connectivity index (χ4n) is 2.97. The predicted molar refractivity (Wildman–Crippen MR) is 71.3 cm³/mol. The van der Waals surface area contributed by atoms with Gasteiger partial charge in [0.2, 0.25) is 0 Å². The van der Waals surface area contributed by atoms with Crippen LogP contribution in [0, 0.1) is 5.92 Å². The maximum Gasteiger partial charge on any atom is 0.122 e. The van der Waals surface area contributed by atoms with E-state index in [2.05, 4.69) is 36.0 Å². The Morgan fingerprint density at radius 1 is 1.39 bits per heavy atom. The highest BCUT2D eigenvalue weighted by atomic mass is 16.5. The van der Waals surface area contributed by atoms with E-state index < -0.39 is 0 Å². The third-order valence-corrected chi connectivity index (χ3v) is 4.10. The molecule has 1 aromatic carbocycles. The van der Waals surface area contributed by atoms with Gasteiger partial charge in [0.1, 0.15) is 5.75 Å². The van der Waals surface area contributed by atoms with Crippen molar-refractivity contribution >= 4 is 0 Å². The molecule has 2 aliphatic heterocycles. The summed E-state index contributed by atoms with van der Waals surface area (Å²) >= 11 is 0. The second kappa shape index (κ2) is 4.88. The fraction of sp³-hybridized carbons (Fsp3) is 0.571. The number of ether oxygens (including phenoxy) is 1. The van der Waals surface area contributed by atoms with Gasteiger partial charge in [0.05, 0.1) is 12.6 Å². The minimum atomic E-state index is 0.303. The Morgan fingerprint density at radius 3 is 3.11 bits per heavy atom. The molecule has 4 N–H and O–H groups in total. The number of fused-ring (bicyclic) bond motifs is 1. The van der Waals surface area contributed by atoms with Crippen molar-refractivity contribution in [3.05, 3.63) is 29.3 Å².